The van der Waals surface area contributed by atoms with Gasteiger partial charge in [-0.3, -0.25) is 4.79 Å². The lowest BCUT2D eigenvalue weighted by Gasteiger charge is -1.99. The van der Waals surface area contributed by atoms with E-state index in [0.29, 0.717) is 11.3 Å². The molecule has 3 nitrogen and oxygen atoms in total. The SMILES string of the molecule is O=C(N/N=C/c1c(F)cccc1Cl)c1ccc(F)s1. The fraction of sp³-hybridized carbons (Fsp3) is 0. The van der Waals surface area contributed by atoms with Gasteiger partial charge >= 0.3 is 0 Å². The van der Waals surface area contributed by atoms with Crippen molar-refractivity contribution >= 4 is 35.1 Å². The molecule has 2 aromatic rings. The number of halogens is 3. The fourth-order valence-electron chi connectivity index (χ4n) is 1.28. The first-order valence-corrected chi connectivity index (χ1v) is 6.30. The van der Waals surface area contributed by atoms with Crippen molar-refractivity contribution in [2.75, 3.05) is 0 Å². The highest BCUT2D eigenvalue weighted by atomic mass is 35.5. The van der Waals surface area contributed by atoms with E-state index in [2.05, 4.69) is 10.5 Å². The molecule has 0 saturated carbocycles. The minimum atomic E-state index is -0.572. The van der Waals surface area contributed by atoms with Crippen LogP contribution in [0.1, 0.15) is 15.2 Å². The fourth-order valence-corrected chi connectivity index (χ4v) is 2.11. The zero-order valence-electron chi connectivity index (χ0n) is 9.36. The molecule has 0 radical (unpaired) electrons. The molecule has 0 atom stereocenters. The van der Waals surface area contributed by atoms with E-state index in [1.807, 2.05) is 0 Å². The second kappa shape index (κ2) is 5.90. The summed E-state index contributed by atoms with van der Waals surface area (Å²) in [4.78, 5) is 11.7. The predicted octanol–water partition coefficient (Wildman–Crippen LogP) is 3.44. The van der Waals surface area contributed by atoms with Crippen LogP contribution in [0.4, 0.5) is 8.78 Å². The van der Waals surface area contributed by atoms with E-state index in [1.165, 1.54) is 30.3 Å². The molecule has 0 spiro atoms. The summed E-state index contributed by atoms with van der Waals surface area (Å²) in [7, 11) is 0. The van der Waals surface area contributed by atoms with Crippen molar-refractivity contribution in [2.24, 2.45) is 5.10 Å². The van der Waals surface area contributed by atoms with Crippen LogP contribution in [0, 0.1) is 10.9 Å². The molecule has 0 aliphatic rings. The summed E-state index contributed by atoms with van der Waals surface area (Å²) in [5.74, 6) is -1.12. The normalized spacial score (nSPS) is 10.9. The highest BCUT2D eigenvalue weighted by molar-refractivity contribution is 7.12. The third-order valence-corrected chi connectivity index (χ3v) is 3.36. The maximum absolute atomic E-state index is 13.4. The lowest BCUT2D eigenvalue weighted by molar-refractivity contribution is 0.0959. The first-order valence-electron chi connectivity index (χ1n) is 5.10. The number of hydrazone groups is 1. The van der Waals surface area contributed by atoms with Gasteiger partial charge < -0.3 is 0 Å². The molecular formula is C12H7ClF2N2OS. The molecule has 98 valence electrons. The van der Waals surface area contributed by atoms with Crippen LogP contribution in [0.3, 0.4) is 0 Å². The Balaban J connectivity index is 2.06. The maximum Gasteiger partial charge on any atom is 0.281 e. The van der Waals surface area contributed by atoms with E-state index in [4.69, 9.17) is 11.6 Å². The average molecular weight is 301 g/mol. The molecule has 0 bridgehead atoms. The Kier molecular flexibility index (Phi) is 4.24. The first kappa shape index (κ1) is 13.6. The molecule has 1 heterocycles. The number of benzene rings is 1. The van der Waals surface area contributed by atoms with Crippen molar-refractivity contribution in [3.63, 3.8) is 0 Å². The van der Waals surface area contributed by atoms with Crippen LogP contribution in [0.15, 0.2) is 35.4 Å². The number of rotatable bonds is 3. The van der Waals surface area contributed by atoms with E-state index in [-0.39, 0.29) is 15.5 Å². The van der Waals surface area contributed by atoms with E-state index >= 15 is 0 Å². The number of hydrogen-bond donors (Lipinski definition) is 1. The Morgan fingerprint density at radius 2 is 2.11 bits per heavy atom. The van der Waals surface area contributed by atoms with E-state index in [0.717, 1.165) is 6.21 Å². The third-order valence-electron chi connectivity index (χ3n) is 2.16. The van der Waals surface area contributed by atoms with E-state index < -0.39 is 16.9 Å². The number of nitrogens with zero attached hydrogens (tertiary/aromatic N) is 1. The van der Waals surface area contributed by atoms with Gasteiger partial charge in [0.1, 0.15) is 5.82 Å². The Labute approximate surface area is 116 Å². The van der Waals surface area contributed by atoms with E-state index in [9.17, 15) is 13.6 Å². The van der Waals surface area contributed by atoms with Crippen LogP contribution in [-0.4, -0.2) is 12.1 Å². The minimum Gasteiger partial charge on any atom is -0.266 e. The molecule has 0 unspecified atom stereocenters. The van der Waals surface area contributed by atoms with Gasteiger partial charge in [0.05, 0.1) is 16.1 Å². The first-order chi connectivity index (χ1) is 9.08. The Morgan fingerprint density at radius 3 is 2.74 bits per heavy atom. The lowest BCUT2D eigenvalue weighted by Crippen LogP contribution is -2.16. The highest BCUT2D eigenvalue weighted by Crippen LogP contribution is 2.17. The van der Waals surface area contributed by atoms with Crippen LogP contribution in [-0.2, 0) is 0 Å². The summed E-state index contributed by atoms with van der Waals surface area (Å²) in [6.45, 7) is 0. The molecule has 0 aliphatic carbocycles. The number of hydrogen-bond acceptors (Lipinski definition) is 3. The van der Waals surface area contributed by atoms with Crippen molar-refractivity contribution in [1.82, 2.24) is 5.43 Å². The van der Waals surface area contributed by atoms with Crippen molar-refractivity contribution in [2.45, 2.75) is 0 Å². The molecule has 0 fully saturated rings. The van der Waals surface area contributed by atoms with Gasteiger partial charge in [-0.05, 0) is 24.3 Å². The van der Waals surface area contributed by atoms with Crippen LogP contribution in [0.25, 0.3) is 0 Å². The van der Waals surface area contributed by atoms with Gasteiger partial charge in [-0.15, -0.1) is 11.3 Å². The molecule has 2 rings (SSSR count). The van der Waals surface area contributed by atoms with Crippen molar-refractivity contribution in [3.8, 4) is 0 Å². The van der Waals surface area contributed by atoms with Crippen LogP contribution >= 0.6 is 22.9 Å². The number of carbonyl (C=O) groups is 1. The summed E-state index contributed by atoms with van der Waals surface area (Å²) in [5, 5.41) is 3.30. The van der Waals surface area contributed by atoms with Gasteiger partial charge in [0.2, 0.25) is 0 Å². The van der Waals surface area contributed by atoms with Crippen molar-refractivity contribution in [1.29, 1.82) is 0 Å². The van der Waals surface area contributed by atoms with Gasteiger partial charge in [-0.25, -0.2) is 9.82 Å². The summed E-state index contributed by atoms with van der Waals surface area (Å²) >= 11 is 6.47. The van der Waals surface area contributed by atoms with Gasteiger partial charge in [0.15, 0.2) is 5.13 Å². The number of nitrogens with one attached hydrogen (secondary N) is 1. The van der Waals surface area contributed by atoms with Gasteiger partial charge in [0.25, 0.3) is 5.91 Å². The second-order valence-corrected chi connectivity index (χ2v) is 4.88. The van der Waals surface area contributed by atoms with Crippen LogP contribution in [0.5, 0.6) is 0 Å². The number of thiophene rings is 1. The molecule has 1 aromatic carbocycles. The Hall–Kier alpha value is -1.79. The largest absolute Gasteiger partial charge is 0.281 e. The predicted molar refractivity (Wildman–Crippen MR) is 70.7 cm³/mol. The molecule has 1 N–H and O–H groups in total. The maximum atomic E-state index is 13.4. The minimum absolute atomic E-state index is 0.0711. The number of amides is 1. The topological polar surface area (TPSA) is 41.5 Å². The molecule has 1 aromatic heterocycles. The van der Waals surface area contributed by atoms with E-state index in [1.54, 1.807) is 0 Å². The Bertz CT molecular complexity index is 622. The molecule has 1 amide bonds. The molecule has 0 saturated heterocycles. The van der Waals surface area contributed by atoms with Gasteiger partial charge in [0, 0.05) is 5.56 Å². The standard InChI is InChI=1S/C12H7ClF2N2OS/c13-8-2-1-3-9(14)7(8)6-16-17-12(18)10-4-5-11(15)19-10/h1-6H,(H,17,18)/b16-6+. The van der Waals surface area contributed by atoms with Crippen LogP contribution in [0.2, 0.25) is 5.02 Å². The zero-order valence-corrected chi connectivity index (χ0v) is 10.9. The smallest absolute Gasteiger partial charge is 0.266 e. The number of carbonyl (C=O) groups excluding carboxylic acids is 1. The summed E-state index contributed by atoms with van der Waals surface area (Å²) < 4.78 is 26.1. The molecular weight excluding hydrogens is 294 g/mol. The second-order valence-electron chi connectivity index (χ2n) is 3.44. The van der Waals surface area contributed by atoms with Crippen molar-refractivity contribution in [3.05, 3.63) is 56.7 Å². The summed E-state index contributed by atoms with van der Waals surface area (Å²) in [6.07, 6.45) is 1.10. The Morgan fingerprint density at radius 1 is 1.32 bits per heavy atom. The third kappa shape index (κ3) is 3.36. The molecule has 7 heteroatoms. The summed E-state index contributed by atoms with van der Waals surface area (Å²) in [6, 6.07) is 6.70. The zero-order chi connectivity index (χ0) is 13.8. The molecule has 19 heavy (non-hydrogen) atoms. The van der Waals surface area contributed by atoms with Crippen LogP contribution < -0.4 is 5.43 Å². The highest BCUT2D eigenvalue weighted by Gasteiger charge is 2.08. The average Bonchev–Trinajstić information content (AvgIpc) is 2.79. The van der Waals surface area contributed by atoms with Gasteiger partial charge in [-0.1, -0.05) is 17.7 Å². The summed E-state index contributed by atoms with van der Waals surface area (Å²) in [5.41, 5.74) is 2.24. The lowest BCUT2D eigenvalue weighted by atomic mass is 10.2. The van der Waals surface area contributed by atoms with Crippen molar-refractivity contribution < 1.29 is 13.6 Å². The quantitative estimate of drug-likeness (QED) is 0.684. The van der Waals surface area contributed by atoms with Gasteiger partial charge in [-0.2, -0.15) is 9.49 Å². The molecule has 0 aliphatic heterocycles. The monoisotopic (exact) mass is 300 g/mol.